The number of carbonyl (C=O) groups is 2. The standard InChI is InChI=1S/C15H13ClF3N3O5S2/c1-8-7-28-14(21-8)22-12(23)6-27-13(24)5-20-29(25,26)11-4-9(15(17,18)19)2-3-10(11)16/h2-4,7,20H,5-6H2,1H3,(H,21,22,23). The number of carbonyl (C=O) groups excluding carboxylic acids is 2. The summed E-state index contributed by atoms with van der Waals surface area (Å²) in [6, 6.07) is 1.75. The number of ether oxygens (including phenoxy) is 1. The second-order valence-corrected chi connectivity index (χ2v) is 8.47. The first-order chi connectivity index (χ1) is 13.4. The van der Waals surface area contributed by atoms with Crippen LogP contribution in [0.5, 0.6) is 0 Å². The summed E-state index contributed by atoms with van der Waals surface area (Å²) in [5, 5.41) is 3.90. The zero-order valence-corrected chi connectivity index (χ0v) is 16.9. The first-order valence-corrected chi connectivity index (χ1v) is 10.4. The molecule has 0 aliphatic carbocycles. The molecule has 0 saturated heterocycles. The fourth-order valence-corrected chi connectivity index (χ4v) is 4.08. The summed E-state index contributed by atoms with van der Waals surface area (Å²) >= 11 is 6.83. The molecule has 0 saturated carbocycles. The maximum atomic E-state index is 12.8. The number of benzene rings is 1. The van der Waals surface area contributed by atoms with Gasteiger partial charge in [-0.1, -0.05) is 11.6 Å². The number of amides is 1. The van der Waals surface area contributed by atoms with Gasteiger partial charge in [-0.3, -0.25) is 14.9 Å². The highest BCUT2D eigenvalue weighted by Crippen LogP contribution is 2.33. The number of thiazole rings is 1. The van der Waals surface area contributed by atoms with Crippen molar-refractivity contribution in [3.8, 4) is 0 Å². The minimum atomic E-state index is -4.78. The van der Waals surface area contributed by atoms with Gasteiger partial charge in [-0.25, -0.2) is 13.4 Å². The smallest absolute Gasteiger partial charge is 0.416 e. The van der Waals surface area contributed by atoms with Crippen LogP contribution in [-0.4, -0.2) is 38.4 Å². The van der Waals surface area contributed by atoms with Crippen molar-refractivity contribution in [3.63, 3.8) is 0 Å². The Morgan fingerprint density at radius 3 is 2.59 bits per heavy atom. The fraction of sp³-hybridized carbons (Fsp3) is 0.267. The van der Waals surface area contributed by atoms with E-state index in [1.807, 2.05) is 0 Å². The van der Waals surface area contributed by atoms with Crippen LogP contribution in [0.3, 0.4) is 0 Å². The third kappa shape index (κ3) is 6.66. The Bertz CT molecular complexity index is 1020. The SMILES string of the molecule is Cc1csc(NC(=O)COC(=O)CNS(=O)(=O)c2cc(C(F)(F)F)ccc2Cl)n1. The molecular weight excluding hydrogens is 459 g/mol. The number of sulfonamides is 1. The summed E-state index contributed by atoms with van der Waals surface area (Å²) in [5.41, 5.74) is -0.538. The molecule has 0 aliphatic rings. The van der Waals surface area contributed by atoms with Gasteiger partial charge in [0.15, 0.2) is 11.7 Å². The molecular formula is C15H13ClF3N3O5S2. The van der Waals surface area contributed by atoms with Crippen molar-refractivity contribution >= 4 is 50.0 Å². The fourth-order valence-electron chi connectivity index (χ4n) is 1.88. The number of esters is 1. The minimum Gasteiger partial charge on any atom is -0.455 e. The Morgan fingerprint density at radius 1 is 1.31 bits per heavy atom. The number of alkyl halides is 3. The van der Waals surface area contributed by atoms with Crippen LogP contribution >= 0.6 is 22.9 Å². The van der Waals surface area contributed by atoms with Gasteiger partial charge >= 0.3 is 12.1 Å². The van der Waals surface area contributed by atoms with E-state index in [0.29, 0.717) is 23.0 Å². The minimum absolute atomic E-state index is 0.295. The molecule has 0 spiro atoms. The van der Waals surface area contributed by atoms with Crippen molar-refractivity contribution in [2.45, 2.75) is 18.0 Å². The van der Waals surface area contributed by atoms with E-state index in [9.17, 15) is 31.2 Å². The summed E-state index contributed by atoms with van der Waals surface area (Å²) in [7, 11) is -4.54. The molecule has 0 fully saturated rings. The molecule has 0 unspecified atom stereocenters. The van der Waals surface area contributed by atoms with E-state index < -0.39 is 56.7 Å². The van der Waals surface area contributed by atoms with Crippen LogP contribution in [0, 0.1) is 6.92 Å². The lowest BCUT2D eigenvalue weighted by atomic mass is 10.2. The van der Waals surface area contributed by atoms with E-state index in [1.165, 1.54) is 0 Å². The van der Waals surface area contributed by atoms with Crippen molar-refractivity contribution in [2.75, 3.05) is 18.5 Å². The van der Waals surface area contributed by atoms with Crippen molar-refractivity contribution in [1.82, 2.24) is 9.71 Å². The normalized spacial score (nSPS) is 11.9. The maximum absolute atomic E-state index is 12.8. The van der Waals surface area contributed by atoms with E-state index in [0.717, 1.165) is 17.4 Å². The molecule has 1 heterocycles. The second kappa shape index (κ2) is 9.07. The average molecular weight is 472 g/mol. The monoisotopic (exact) mass is 471 g/mol. The number of rotatable bonds is 7. The number of halogens is 4. The van der Waals surface area contributed by atoms with Gasteiger partial charge < -0.3 is 4.74 Å². The van der Waals surface area contributed by atoms with Gasteiger partial charge in [-0.2, -0.15) is 17.9 Å². The molecule has 0 radical (unpaired) electrons. The molecule has 14 heteroatoms. The largest absolute Gasteiger partial charge is 0.455 e. The van der Waals surface area contributed by atoms with E-state index >= 15 is 0 Å². The van der Waals surface area contributed by atoms with E-state index in [4.69, 9.17) is 11.6 Å². The molecule has 2 N–H and O–H groups in total. The quantitative estimate of drug-likeness (QED) is 0.600. The molecule has 2 rings (SSSR count). The number of hydrogen-bond acceptors (Lipinski definition) is 7. The predicted octanol–water partition coefficient (Wildman–Crippen LogP) is 2.58. The molecule has 1 amide bonds. The van der Waals surface area contributed by atoms with Crippen molar-refractivity contribution < 1.29 is 35.9 Å². The lowest BCUT2D eigenvalue weighted by Crippen LogP contribution is -2.32. The lowest BCUT2D eigenvalue weighted by Gasteiger charge is -2.12. The molecule has 0 bridgehead atoms. The van der Waals surface area contributed by atoms with E-state index in [2.05, 4.69) is 15.0 Å². The zero-order valence-electron chi connectivity index (χ0n) is 14.5. The number of aromatic nitrogens is 1. The third-order valence-electron chi connectivity index (χ3n) is 3.18. The Hall–Kier alpha value is -2.22. The highest BCUT2D eigenvalue weighted by atomic mass is 35.5. The predicted molar refractivity (Wildman–Crippen MR) is 98.1 cm³/mol. The van der Waals surface area contributed by atoms with Gasteiger partial charge in [0.05, 0.1) is 16.3 Å². The summed E-state index contributed by atoms with van der Waals surface area (Å²) in [4.78, 5) is 26.4. The van der Waals surface area contributed by atoms with Gasteiger partial charge in [0, 0.05) is 5.38 Å². The Morgan fingerprint density at radius 2 is 2.00 bits per heavy atom. The number of hydrogen-bond donors (Lipinski definition) is 2. The molecule has 0 aliphatic heterocycles. The average Bonchev–Trinajstić information content (AvgIpc) is 3.02. The summed E-state index contributed by atoms with van der Waals surface area (Å²) in [5.74, 6) is -1.82. The van der Waals surface area contributed by atoms with Gasteiger partial charge in [0.2, 0.25) is 10.0 Å². The number of nitrogens with one attached hydrogen (secondary N) is 2. The lowest BCUT2D eigenvalue weighted by molar-refractivity contribution is -0.146. The molecule has 29 heavy (non-hydrogen) atoms. The third-order valence-corrected chi connectivity index (χ3v) is 5.94. The van der Waals surface area contributed by atoms with Crippen LogP contribution in [0.4, 0.5) is 18.3 Å². The summed E-state index contributed by atoms with van der Waals surface area (Å²) < 4.78 is 69.0. The number of aryl methyl sites for hydroxylation is 1. The topological polar surface area (TPSA) is 114 Å². The maximum Gasteiger partial charge on any atom is 0.416 e. The number of nitrogens with zero attached hydrogens (tertiary/aromatic N) is 1. The number of anilines is 1. The highest BCUT2D eigenvalue weighted by Gasteiger charge is 2.32. The molecule has 2 aromatic rings. The Balaban J connectivity index is 1.93. The highest BCUT2D eigenvalue weighted by molar-refractivity contribution is 7.89. The van der Waals surface area contributed by atoms with Crippen LogP contribution in [0.25, 0.3) is 0 Å². The molecule has 0 atom stereocenters. The molecule has 158 valence electrons. The van der Waals surface area contributed by atoms with Crippen molar-refractivity contribution in [2.24, 2.45) is 0 Å². The van der Waals surface area contributed by atoms with Gasteiger partial charge in [0.25, 0.3) is 5.91 Å². The van der Waals surface area contributed by atoms with Crippen molar-refractivity contribution in [3.05, 3.63) is 39.9 Å². The zero-order chi connectivity index (χ0) is 21.8. The first kappa shape index (κ1) is 23.1. The van der Waals surface area contributed by atoms with E-state index in [1.54, 1.807) is 17.0 Å². The van der Waals surface area contributed by atoms with Crippen LogP contribution in [-0.2, 0) is 30.5 Å². The first-order valence-electron chi connectivity index (χ1n) is 7.62. The van der Waals surface area contributed by atoms with Crippen LogP contribution in [0.1, 0.15) is 11.3 Å². The Labute approximate surface area is 172 Å². The summed E-state index contributed by atoms with van der Waals surface area (Å²) in [6.45, 7) is 0.0942. The van der Waals surface area contributed by atoms with Gasteiger partial charge in [0.1, 0.15) is 11.4 Å². The van der Waals surface area contributed by atoms with Crippen molar-refractivity contribution in [1.29, 1.82) is 0 Å². The van der Waals surface area contributed by atoms with Crippen LogP contribution in [0.2, 0.25) is 5.02 Å². The molecule has 1 aromatic heterocycles. The Kier molecular flexibility index (Phi) is 7.21. The van der Waals surface area contributed by atoms with Gasteiger partial charge in [-0.15, -0.1) is 11.3 Å². The van der Waals surface area contributed by atoms with E-state index in [-0.39, 0.29) is 0 Å². The second-order valence-electron chi connectivity index (χ2n) is 5.47. The van der Waals surface area contributed by atoms with Crippen LogP contribution in [0.15, 0.2) is 28.5 Å². The van der Waals surface area contributed by atoms with Crippen LogP contribution < -0.4 is 10.0 Å². The van der Waals surface area contributed by atoms with Gasteiger partial charge in [-0.05, 0) is 25.1 Å². The summed E-state index contributed by atoms with van der Waals surface area (Å²) in [6.07, 6.45) is -4.78. The molecule has 8 nitrogen and oxygen atoms in total. The molecule has 1 aromatic carbocycles.